The Labute approximate surface area is 129 Å². The molecule has 1 N–H and O–H groups in total. The van der Waals surface area contributed by atoms with Crippen molar-refractivity contribution in [3.63, 3.8) is 0 Å². The maximum Gasteiger partial charge on any atom is 0.225 e. The van der Waals surface area contributed by atoms with Gasteiger partial charge in [-0.1, -0.05) is 0 Å². The molecule has 0 fully saturated rings. The standard InChI is InChI=1S/C16H19N3O3/c1-11-10-15(19(2)18-11)17-16(21)9-8-14(20)12-4-6-13(22-3)7-5-12/h4-7,10H,8-9H2,1-3H3,(H,17,21). The zero-order chi connectivity index (χ0) is 16.1. The SMILES string of the molecule is COc1ccc(C(=O)CCC(=O)Nc2cc(C)nn2C)cc1. The molecule has 0 atom stereocenters. The number of carbonyl (C=O) groups excluding carboxylic acids is 2. The van der Waals surface area contributed by atoms with E-state index in [1.807, 2.05) is 6.92 Å². The smallest absolute Gasteiger partial charge is 0.225 e. The molecule has 0 bridgehead atoms. The quantitative estimate of drug-likeness (QED) is 0.831. The maximum atomic E-state index is 12.0. The van der Waals surface area contributed by atoms with Gasteiger partial charge in [-0.3, -0.25) is 14.3 Å². The zero-order valence-corrected chi connectivity index (χ0v) is 12.9. The van der Waals surface area contributed by atoms with Crippen LogP contribution in [-0.4, -0.2) is 28.6 Å². The molecule has 22 heavy (non-hydrogen) atoms. The van der Waals surface area contributed by atoms with Crippen molar-refractivity contribution in [3.05, 3.63) is 41.6 Å². The predicted molar refractivity (Wildman–Crippen MR) is 83.1 cm³/mol. The van der Waals surface area contributed by atoms with Crippen LogP contribution in [-0.2, 0) is 11.8 Å². The molecule has 1 aromatic carbocycles. The zero-order valence-electron chi connectivity index (χ0n) is 12.9. The number of amides is 1. The number of ether oxygens (including phenoxy) is 1. The van der Waals surface area contributed by atoms with Gasteiger partial charge in [0.15, 0.2) is 5.78 Å². The number of nitrogens with zero attached hydrogens (tertiary/aromatic N) is 2. The fraction of sp³-hybridized carbons (Fsp3) is 0.312. The fourth-order valence-corrected chi connectivity index (χ4v) is 2.08. The highest BCUT2D eigenvalue weighted by atomic mass is 16.5. The molecular formula is C16H19N3O3. The number of hydrogen-bond acceptors (Lipinski definition) is 4. The second kappa shape index (κ2) is 6.89. The molecule has 0 radical (unpaired) electrons. The van der Waals surface area contributed by atoms with E-state index in [2.05, 4.69) is 10.4 Å². The van der Waals surface area contributed by atoms with Crippen LogP contribution in [0.2, 0.25) is 0 Å². The highest BCUT2D eigenvalue weighted by molar-refractivity contribution is 5.99. The summed E-state index contributed by atoms with van der Waals surface area (Å²) in [5.41, 5.74) is 1.40. The van der Waals surface area contributed by atoms with E-state index >= 15 is 0 Å². The van der Waals surface area contributed by atoms with Crippen LogP contribution in [0.1, 0.15) is 28.9 Å². The lowest BCUT2D eigenvalue weighted by Crippen LogP contribution is -2.15. The minimum Gasteiger partial charge on any atom is -0.497 e. The highest BCUT2D eigenvalue weighted by Gasteiger charge is 2.11. The molecule has 6 heteroatoms. The maximum absolute atomic E-state index is 12.0. The monoisotopic (exact) mass is 301 g/mol. The van der Waals surface area contributed by atoms with Crippen molar-refractivity contribution < 1.29 is 14.3 Å². The Balaban J connectivity index is 1.87. The number of rotatable bonds is 6. The molecule has 116 valence electrons. The molecule has 0 aliphatic rings. The first-order valence-electron chi connectivity index (χ1n) is 6.97. The van der Waals surface area contributed by atoms with Gasteiger partial charge >= 0.3 is 0 Å². The molecular weight excluding hydrogens is 282 g/mol. The van der Waals surface area contributed by atoms with Gasteiger partial charge in [0.2, 0.25) is 5.91 Å². The third-order valence-corrected chi connectivity index (χ3v) is 3.26. The van der Waals surface area contributed by atoms with Crippen molar-refractivity contribution in [1.82, 2.24) is 9.78 Å². The van der Waals surface area contributed by atoms with Crippen molar-refractivity contribution >= 4 is 17.5 Å². The van der Waals surface area contributed by atoms with Gasteiger partial charge in [-0.15, -0.1) is 0 Å². The fourth-order valence-electron chi connectivity index (χ4n) is 2.08. The number of ketones is 1. The van der Waals surface area contributed by atoms with Crippen molar-refractivity contribution in [1.29, 1.82) is 0 Å². The van der Waals surface area contributed by atoms with Crippen molar-refractivity contribution in [3.8, 4) is 5.75 Å². The summed E-state index contributed by atoms with van der Waals surface area (Å²) in [5, 5.41) is 6.89. The van der Waals surface area contributed by atoms with E-state index in [1.165, 1.54) is 0 Å². The molecule has 1 aromatic heterocycles. The number of aryl methyl sites for hydroxylation is 2. The van der Waals surface area contributed by atoms with E-state index in [1.54, 1.807) is 49.2 Å². The number of hydrogen-bond donors (Lipinski definition) is 1. The first-order chi connectivity index (χ1) is 10.5. The number of benzene rings is 1. The average molecular weight is 301 g/mol. The van der Waals surface area contributed by atoms with Crippen molar-refractivity contribution in [2.24, 2.45) is 7.05 Å². The Morgan fingerprint density at radius 1 is 1.23 bits per heavy atom. The summed E-state index contributed by atoms with van der Waals surface area (Å²) in [5.74, 6) is 1.05. The molecule has 0 saturated carbocycles. The molecule has 0 aliphatic carbocycles. The van der Waals surface area contributed by atoms with Gasteiger partial charge in [0.1, 0.15) is 11.6 Å². The van der Waals surface area contributed by atoms with E-state index in [9.17, 15) is 9.59 Å². The molecule has 6 nitrogen and oxygen atoms in total. The van der Waals surface area contributed by atoms with E-state index in [4.69, 9.17) is 4.74 Å². The van der Waals surface area contributed by atoms with Crippen LogP contribution in [0.3, 0.4) is 0 Å². The summed E-state index contributed by atoms with van der Waals surface area (Å²) in [7, 11) is 3.33. The third-order valence-electron chi connectivity index (χ3n) is 3.26. The van der Waals surface area contributed by atoms with Crippen LogP contribution in [0.5, 0.6) is 5.75 Å². The largest absolute Gasteiger partial charge is 0.497 e. The minimum absolute atomic E-state index is 0.0704. The van der Waals surface area contributed by atoms with Gasteiger partial charge in [0, 0.05) is 31.5 Å². The van der Waals surface area contributed by atoms with Gasteiger partial charge in [0.05, 0.1) is 12.8 Å². The number of methoxy groups -OCH3 is 1. The Hall–Kier alpha value is -2.63. The molecule has 0 unspecified atom stereocenters. The van der Waals surface area contributed by atoms with Crippen molar-refractivity contribution in [2.45, 2.75) is 19.8 Å². The van der Waals surface area contributed by atoms with Crippen molar-refractivity contribution in [2.75, 3.05) is 12.4 Å². The second-order valence-electron chi connectivity index (χ2n) is 4.99. The highest BCUT2D eigenvalue weighted by Crippen LogP contribution is 2.14. The van der Waals surface area contributed by atoms with E-state index in [-0.39, 0.29) is 24.5 Å². The first-order valence-corrected chi connectivity index (χ1v) is 6.97. The molecule has 1 heterocycles. The third kappa shape index (κ3) is 3.94. The molecule has 0 spiro atoms. The van der Waals surface area contributed by atoms with Gasteiger partial charge in [0.25, 0.3) is 0 Å². The summed E-state index contributed by atoms with van der Waals surface area (Å²) >= 11 is 0. The minimum atomic E-state index is -0.204. The Bertz CT molecular complexity index is 674. The van der Waals surface area contributed by atoms with Crippen LogP contribution in [0.25, 0.3) is 0 Å². The number of aromatic nitrogens is 2. The van der Waals surface area contributed by atoms with E-state index in [0.29, 0.717) is 17.1 Å². The summed E-state index contributed by atoms with van der Waals surface area (Å²) < 4.78 is 6.64. The van der Waals surface area contributed by atoms with E-state index in [0.717, 1.165) is 5.69 Å². The lowest BCUT2D eigenvalue weighted by Gasteiger charge is -2.05. The molecule has 0 aliphatic heterocycles. The van der Waals surface area contributed by atoms with Gasteiger partial charge in [-0.05, 0) is 31.2 Å². The van der Waals surface area contributed by atoms with Crippen LogP contribution in [0.4, 0.5) is 5.82 Å². The van der Waals surface area contributed by atoms with Crippen LogP contribution >= 0.6 is 0 Å². The molecule has 2 rings (SSSR count). The predicted octanol–water partition coefficient (Wildman–Crippen LogP) is 2.34. The summed E-state index contributed by atoms with van der Waals surface area (Å²) in [6, 6.07) is 8.63. The van der Waals surface area contributed by atoms with Gasteiger partial charge in [-0.2, -0.15) is 5.10 Å². The van der Waals surface area contributed by atoms with Gasteiger partial charge < -0.3 is 10.1 Å². The molecule has 2 aromatic rings. The average Bonchev–Trinajstić information content (AvgIpc) is 2.82. The second-order valence-corrected chi connectivity index (χ2v) is 4.99. The summed E-state index contributed by atoms with van der Waals surface area (Å²) in [6.45, 7) is 1.85. The topological polar surface area (TPSA) is 73.2 Å². The number of anilines is 1. The van der Waals surface area contributed by atoms with Crippen LogP contribution in [0, 0.1) is 6.92 Å². The number of Topliss-reactive ketones (excluding diaryl/α,β-unsaturated/α-hetero) is 1. The lowest BCUT2D eigenvalue weighted by atomic mass is 10.1. The lowest BCUT2D eigenvalue weighted by molar-refractivity contribution is -0.116. The van der Waals surface area contributed by atoms with Crippen LogP contribution in [0.15, 0.2) is 30.3 Å². The Kier molecular flexibility index (Phi) is 4.93. The van der Waals surface area contributed by atoms with E-state index < -0.39 is 0 Å². The molecule has 0 saturated heterocycles. The Morgan fingerprint density at radius 3 is 2.45 bits per heavy atom. The normalized spacial score (nSPS) is 10.3. The first kappa shape index (κ1) is 15.8. The van der Waals surface area contributed by atoms with Gasteiger partial charge in [-0.25, -0.2) is 0 Å². The Morgan fingerprint density at radius 2 is 1.91 bits per heavy atom. The summed E-state index contributed by atoms with van der Waals surface area (Å²) in [6.07, 6.45) is 0.296. The summed E-state index contributed by atoms with van der Waals surface area (Å²) in [4.78, 5) is 23.9. The number of carbonyl (C=O) groups is 2. The van der Waals surface area contributed by atoms with Crippen LogP contribution < -0.4 is 10.1 Å². The number of nitrogens with one attached hydrogen (secondary N) is 1. The molecule has 1 amide bonds.